The Morgan fingerprint density at radius 1 is 1.21 bits per heavy atom. The van der Waals surface area contributed by atoms with Gasteiger partial charge in [0, 0.05) is 18.5 Å². The zero-order valence-electron chi connectivity index (χ0n) is 15.6. The monoisotopic (exact) mass is 398 g/mol. The molecule has 1 saturated carbocycles. The highest BCUT2D eigenvalue weighted by Crippen LogP contribution is 2.26. The van der Waals surface area contributed by atoms with E-state index in [0.29, 0.717) is 18.0 Å². The molecule has 0 atom stereocenters. The Balaban J connectivity index is 1.26. The molecule has 0 radical (unpaired) electrons. The van der Waals surface area contributed by atoms with Gasteiger partial charge in [-0.25, -0.2) is 9.97 Å². The van der Waals surface area contributed by atoms with Gasteiger partial charge in [0.05, 0.1) is 15.7 Å². The van der Waals surface area contributed by atoms with Crippen molar-refractivity contribution >= 4 is 33.4 Å². The molecule has 4 rings (SSSR count). The number of rotatable bonds is 5. The van der Waals surface area contributed by atoms with E-state index in [1.165, 1.54) is 6.39 Å². The molecular weight excluding hydrogens is 376 g/mol. The van der Waals surface area contributed by atoms with Gasteiger partial charge < -0.3 is 15.1 Å². The SMILES string of the molecule is Cc1ocnc1C(=O)NC1CCC(C(=O)NCc2cccc3ncsc23)CC1. The van der Waals surface area contributed by atoms with E-state index in [2.05, 4.69) is 20.6 Å². The van der Waals surface area contributed by atoms with E-state index >= 15 is 0 Å². The molecule has 2 heterocycles. The van der Waals surface area contributed by atoms with Crippen LogP contribution in [0.25, 0.3) is 10.2 Å². The highest BCUT2D eigenvalue weighted by molar-refractivity contribution is 7.16. The Kier molecular flexibility index (Phi) is 5.38. The number of hydrogen-bond acceptors (Lipinski definition) is 6. The maximum Gasteiger partial charge on any atom is 0.273 e. The van der Waals surface area contributed by atoms with Crippen LogP contribution in [0.3, 0.4) is 0 Å². The number of aromatic nitrogens is 2. The molecule has 2 amide bonds. The van der Waals surface area contributed by atoms with Crippen LogP contribution in [0.1, 0.15) is 47.5 Å². The number of nitrogens with zero attached hydrogens (tertiary/aromatic N) is 2. The van der Waals surface area contributed by atoms with Crippen molar-refractivity contribution in [3.8, 4) is 0 Å². The van der Waals surface area contributed by atoms with Gasteiger partial charge in [0.15, 0.2) is 12.1 Å². The number of aryl methyl sites for hydroxylation is 1. The normalized spacial score (nSPS) is 19.5. The molecule has 7 nitrogen and oxygen atoms in total. The first kappa shape index (κ1) is 18.6. The zero-order chi connectivity index (χ0) is 19.5. The third-order valence-corrected chi connectivity index (χ3v) is 6.20. The summed E-state index contributed by atoms with van der Waals surface area (Å²) in [6.07, 6.45) is 4.37. The van der Waals surface area contributed by atoms with Crippen molar-refractivity contribution in [2.24, 2.45) is 5.92 Å². The molecule has 0 saturated heterocycles. The minimum Gasteiger partial charge on any atom is -0.448 e. The highest BCUT2D eigenvalue weighted by Gasteiger charge is 2.28. The number of carbonyl (C=O) groups excluding carboxylic acids is 2. The summed E-state index contributed by atoms with van der Waals surface area (Å²) in [7, 11) is 0. The minimum absolute atomic E-state index is 0.0115. The van der Waals surface area contributed by atoms with E-state index in [1.54, 1.807) is 18.3 Å². The van der Waals surface area contributed by atoms with Crippen molar-refractivity contribution in [1.29, 1.82) is 0 Å². The molecule has 0 unspecified atom stereocenters. The minimum atomic E-state index is -0.211. The lowest BCUT2D eigenvalue weighted by Crippen LogP contribution is -2.41. The first-order chi connectivity index (χ1) is 13.6. The standard InChI is InChI=1S/C20H22N4O3S/c1-12-17(22-10-27-12)20(26)24-15-7-5-13(6-8-15)19(25)21-9-14-3-2-4-16-18(14)28-11-23-16/h2-4,10-11,13,15H,5-9H2,1H3,(H,21,25)(H,24,26). The molecule has 8 heteroatoms. The van der Waals surface area contributed by atoms with Gasteiger partial charge in [-0.15, -0.1) is 11.3 Å². The van der Waals surface area contributed by atoms with Crippen LogP contribution < -0.4 is 10.6 Å². The maximum absolute atomic E-state index is 12.6. The fourth-order valence-electron chi connectivity index (χ4n) is 3.69. The molecule has 0 spiro atoms. The number of nitrogens with one attached hydrogen (secondary N) is 2. The molecule has 1 aliphatic rings. The first-order valence-electron chi connectivity index (χ1n) is 9.41. The second-order valence-corrected chi connectivity index (χ2v) is 7.97. The van der Waals surface area contributed by atoms with Crippen LogP contribution in [0.5, 0.6) is 0 Å². The highest BCUT2D eigenvalue weighted by atomic mass is 32.1. The molecule has 1 aromatic carbocycles. The summed E-state index contributed by atoms with van der Waals surface area (Å²) in [6, 6.07) is 6.04. The fourth-order valence-corrected chi connectivity index (χ4v) is 4.49. The van der Waals surface area contributed by atoms with Gasteiger partial charge in [-0.3, -0.25) is 9.59 Å². The third kappa shape index (κ3) is 3.91. The number of fused-ring (bicyclic) bond motifs is 1. The molecule has 2 N–H and O–H groups in total. The number of hydrogen-bond donors (Lipinski definition) is 2. The van der Waals surface area contributed by atoms with Crippen LogP contribution in [0.2, 0.25) is 0 Å². The van der Waals surface area contributed by atoms with E-state index in [9.17, 15) is 9.59 Å². The van der Waals surface area contributed by atoms with Crippen LogP contribution in [-0.4, -0.2) is 27.8 Å². The molecule has 1 aliphatic carbocycles. The van der Waals surface area contributed by atoms with Crippen LogP contribution in [0.15, 0.2) is 34.5 Å². The van der Waals surface area contributed by atoms with Gasteiger partial charge >= 0.3 is 0 Å². The van der Waals surface area contributed by atoms with Crippen molar-refractivity contribution in [2.45, 2.75) is 45.2 Å². The van der Waals surface area contributed by atoms with Gasteiger partial charge in [0.25, 0.3) is 5.91 Å². The van der Waals surface area contributed by atoms with E-state index in [0.717, 1.165) is 41.5 Å². The number of amides is 2. The number of thiazole rings is 1. The van der Waals surface area contributed by atoms with Crippen molar-refractivity contribution < 1.29 is 14.0 Å². The van der Waals surface area contributed by atoms with Crippen LogP contribution in [0, 0.1) is 12.8 Å². The molecule has 0 aliphatic heterocycles. The van der Waals surface area contributed by atoms with Crippen LogP contribution in [0.4, 0.5) is 0 Å². The lowest BCUT2D eigenvalue weighted by atomic mass is 9.85. The summed E-state index contributed by atoms with van der Waals surface area (Å²) in [6.45, 7) is 2.23. The summed E-state index contributed by atoms with van der Waals surface area (Å²) < 4.78 is 6.20. The lowest BCUT2D eigenvalue weighted by molar-refractivity contribution is -0.126. The molecule has 146 valence electrons. The average molecular weight is 398 g/mol. The van der Waals surface area contributed by atoms with Crippen molar-refractivity contribution in [2.75, 3.05) is 0 Å². The molecule has 28 heavy (non-hydrogen) atoms. The second kappa shape index (κ2) is 8.10. The van der Waals surface area contributed by atoms with Crippen LogP contribution in [-0.2, 0) is 11.3 Å². The Morgan fingerprint density at radius 2 is 2.04 bits per heavy atom. The first-order valence-corrected chi connectivity index (χ1v) is 10.3. The Morgan fingerprint density at radius 3 is 2.79 bits per heavy atom. The predicted octanol–water partition coefficient (Wildman–Crippen LogP) is 3.20. The molecule has 2 aromatic heterocycles. The lowest BCUT2D eigenvalue weighted by Gasteiger charge is -2.28. The van der Waals surface area contributed by atoms with Crippen molar-refractivity contribution in [3.05, 3.63) is 47.1 Å². The Labute approximate surface area is 166 Å². The van der Waals surface area contributed by atoms with E-state index < -0.39 is 0 Å². The summed E-state index contributed by atoms with van der Waals surface area (Å²) in [5.74, 6) is 0.375. The Bertz CT molecular complexity index is 988. The largest absolute Gasteiger partial charge is 0.448 e. The summed E-state index contributed by atoms with van der Waals surface area (Å²) in [4.78, 5) is 33.1. The predicted molar refractivity (Wildman–Crippen MR) is 106 cm³/mol. The molecule has 3 aromatic rings. The summed E-state index contributed by atoms with van der Waals surface area (Å²) in [5.41, 5.74) is 4.22. The second-order valence-electron chi connectivity index (χ2n) is 7.11. The van der Waals surface area contributed by atoms with Gasteiger partial charge in [0.1, 0.15) is 5.76 Å². The molecule has 0 bridgehead atoms. The molecular formula is C20H22N4O3S. The number of benzene rings is 1. The van der Waals surface area contributed by atoms with Gasteiger partial charge in [-0.2, -0.15) is 0 Å². The van der Waals surface area contributed by atoms with Gasteiger partial charge in [0.2, 0.25) is 5.91 Å². The average Bonchev–Trinajstić information content (AvgIpc) is 3.35. The summed E-state index contributed by atoms with van der Waals surface area (Å²) in [5, 5.41) is 6.06. The summed E-state index contributed by atoms with van der Waals surface area (Å²) >= 11 is 1.59. The van der Waals surface area contributed by atoms with Gasteiger partial charge in [-0.05, 0) is 44.2 Å². The van der Waals surface area contributed by atoms with E-state index in [1.807, 2.05) is 23.7 Å². The van der Waals surface area contributed by atoms with Crippen molar-refractivity contribution in [1.82, 2.24) is 20.6 Å². The fraction of sp³-hybridized carbons (Fsp3) is 0.400. The van der Waals surface area contributed by atoms with Crippen LogP contribution >= 0.6 is 11.3 Å². The number of oxazole rings is 1. The maximum atomic E-state index is 12.6. The quantitative estimate of drug-likeness (QED) is 0.688. The number of carbonyl (C=O) groups is 2. The van der Waals surface area contributed by atoms with Gasteiger partial charge in [-0.1, -0.05) is 12.1 Å². The van der Waals surface area contributed by atoms with Crippen molar-refractivity contribution in [3.63, 3.8) is 0 Å². The Hall–Kier alpha value is -2.74. The zero-order valence-corrected chi connectivity index (χ0v) is 16.4. The van der Waals surface area contributed by atoms with E-state index in [-0.39, 0.29) is 23.8 Å². The smallest absolute Gasteiger partial charge is 0.273 e. The third-order valence-electron chi connectivity index (χ3n) is 5.28. The molecule has 1 fully saturated rings. The van der Waals surface area contributed by atoms with E-state index in [4.69, 9.17) is 4.42 Å². The topological polar surface area (TPSA) is 97.1 Å².